The van der Waals surface area contributed by atoms with E-state index >= 15 is 0 Å². The van der Waals surface area contributed by atoms with Gasteiger partial charge in [0.05, 0.1) is 35.9 Å². The molecule has 4 aromatic rings. The van der Waals surface area contributed by atoms with Crippen molar-refractivity contribution in [2.45, 2.75) is 64.5 Å². The minimum absolute atomic E-state index is 0.0264. The molecule has 188 valence electrons. The number of furan rings is 1. The number of nitrogens with zero attached hydrogens (tertiary/aromatic N) is 4. The Bertz CT molecular complexity index is 1470. The molecule has 5 heteroatoms. The molecule has 0 fully saturated rings. The van der Waals surface area contributed by atoms with Gasteiger partial charge in [-0.05, 0) is 66.9 Å². The van der Waals surface area contributed by atoms with E-state index in [9.17, 15) is 0 Å². The van der Waals surface area contributed by atoms with Crippen molar-refractivity contribution in [3.8, 4) is 0 Å². The largest absolute Gasteiger partial charge is 0.455 e. The maximum atomic E-state index is 6.10. The van der Waals surface area contributed by atoms with E-state index in [2.05, 4.69) is 112 Å². The standard InChI is InChI=1S/C32H34N4O/c1-21-31(3,4)26-11-7-9-13-28(26)35(21)33-19-23-15-16-30-24(17-23)18-25(37-30)20-34-36-22(2)32(5,6)27-12-8-10-14-29(27)36/h7-22H,1-6H3. The van der Waals surface area contributed by atoms with Crippen LogP contribution < -0.4 is 10.0 Å². The van der Waals surface area contributed by atoms with E-state index in [1.54, 1.807) is 0 Å². The van der Waals surface area contributed by atoms with Crippen LogP contribution in [0.25, 0.3) is 11.0 Å². The molecule has 0 bridgehead atoms. The van der Waals surface area contributed by atoms with Crippen molar-refractivity contribution in [2.24, 2.45) is 10.2 Å². The van der Waals surface area contributed by atoms with Crippen LogP contribution >= 0.6 is 0 Å². The topological polar surface area (TPSA) is 44.3 Å². The summed E-state index contributed by atoms with van der Waals surface area (Å²) in [7, 11) is 0. The summed E-state index contributed by atoms with van der Waals surface area (Å²) in [5.74, 6) is 0.738. The van der Waals surface area contributed by atoms with Gasteiger partial charge in [0.2, 0.25) is 0 Å². The Hall–Kier alpha value is -3.86. The highest BCUT2D eigenvalue weighted by Gasteiger charge is 2.42. The van der Waals surface area contributed by atoms with Gasteiger partial charge in [0.25, 0.3) is 0 Å². The average Bonchev–Trinajstić information content (AvgIpc) is 3.45. The summed E-state index contributed by atoms with van der Waals surface area (Å²) in [5, 5.41) is 15.0. The van der Waals surface area contributed by atoms with Crippen LogP contribution in [-0.4, -0.2) is 24.5 Å². The molecule has 3 aromatic carbocycles. The van der Waals surface area contributed by atoms with E-state index in [-0.39, 0.29) is 22.9 Å². The van der Waals surface area contributed by atoms with Crippen molar-refractivity contribution < 1.29 is 4.42 Å². The zero-order valence-electron chi connectivity index (χ0n) is 22.4. The molecule has 0 spiro atoms. The molecule has 5 nitrogen and oxygen atoms in total. The van der Waals surface area contributed by atoms with E-state index in [0.717, 1.165) is 28.0 Å². The fourth-order valence-electron chi connectivity index (χ4n) is 5.71. The molecule has 2 unspecified atom stereocenters. The first kappa shape index (κ1) is 23.5. The summed E-state index contributed by atoms with van der Waals surface area (Å²) in [5.41, 5.74) is 6.95. The van der Waals surface area contributed by atoms with Crippen molar-refractivity contribution in [1.29, 1.82) is 0 Å². The summed E-state index contributed by atoms with van der Waals surface area (Å²) in [6.07, 6.45) is 3.77. The SMILES string of the molecule is CC1N(N=Cc2ccc3oc(C=NN4c5ccccc5C(C)(C)C4C)cc3c2)c2ccccc2C1(C)C. The Morgan fingerprint density at radius 1 is 0.703 bits per heavy atom. The molecular weight excluding hydrogens is 456 g/mol. The second kappa shape index (κ2) is 8.34. The van der Waals surface area contributed by atoms with E-state index in [1.165, 1.54) is 16.8 Å². The fraction of sp³-hybridized carbons (Fsp3) is 0.312. The van der Waals surface area contributed by atoms with Gasteiger partial charge in [0.1, 0.15) is 11.3 Å². The third-order valence-corrected chi connectivity index (χ3v) is 8.71. The number of benzene rings is 3. The molecule has 0 saturated heterocycles. The second-order valence-corrected chi connectivity index (χ2v) is 11.5. The smallest absolute Gasteiger partial charge is 0.148 e. The molecular formula is C32H34N4O. The normalized spacial score (nSPS) is 21.9. The highest BCUT2D eigenvalue weighted by molar-refractivity contribution is 5.92. The van der Waals surface area contributed by atoms with Gasteiger partial charge in [-0.3, -0.25) is 10.0 Å². The molecule has 1 aromatic heterocycles. The lowest BCUT2D eigenvalue weighted by atomic mass is 9.81. The van der Waals surface area contributed by atoms with Gasteiger partial charge in [0, 0.05) is 16.2 Å². The minimum atomic E-state index is 0.0264. The molecule has 0 N–H and O–H groups in total. The van der Waals surface area contributed by atoms with Crippen molar-refractivity contribution in [3.05, 3.63) is 95.2 Å². The van der Waals surface area contributed by atoms with E-state index in [0.29, 0.717) is 0 Å². The highest BCUT2D eigenvalue weighted by atomic mass is 16.3. The molecule has 2 atom stereocenters. The Labute approximate surface area is 219 Å². The van der Waals surface area contributed by atoms with Crippen molar-refractivity contribution >= 4 is 34.8 Å². The van der Waals surface area contributed by atoms with Crippen LogP contribution in [0.3, 0.4) is 0 Å². The van der Waals surface area contributed by atoms with Crippen molar-refractivity contribution in [1.82, 2.24) is 0 Å². The monoisotopic (exact) mass is 490 g/mol. The number of anilines is 2. The molecule has 2 aliphatic heterocycles. The zero-order valence-corrected chi connectivity index (χ0v) is 22.4. The van der Waals surface area contributed by atoms with Crippen LogP contribution in [0.15, 0.2) is 87.4 Å². The van der Waals surface area contributed by atoms with Gasteiger partial charge in [0.15, 0.2) is 0 Å². The maximum Gasteiger partial charge on any atom is 0.148 e. The summed E-state index contributed by atoms with van der Waals surface area (Å²) in [6.45, 7) is 13.6. The quantitative estimate of drug-likeness (QED) is 0.279. The summed E-state index contributed by atoms with van der Waals surface area (Å²) in [6, 6.07) is 25.8. The van der Waals surface area contributed by atoms with Crippen LogP contribution in [0.5, 0.6) is 0 Å². The van der Waals surface area contributed by atoms with Crippen LogP contribution in [0.1, 0.15) is 64.0 Å². The molecule has 37 heavy (non-hydrogen) atoms. The van der Waals surface area contributed by atoms with Crippen LogP contribution in [0.2, 0.25) is 0 Å². The Balaban J connectivity index is 1.25. The number of hydrogen-bond donors (Lipinski definition) is 0. The molecule has 3 heterocycles. The first-order valence-electron chi connectivity index (χ1n) is 13.1. The minimum Gasteiger partial charge on any atom is -0.455 e. The second-order valence-electron chi connectivity index (χ2n) is 11.5. The van der Waals surface area contributed by atoms with E-state index in [1.807, 2.05) is 24.6 Å². The summed E-state index contributed by atoms with van der Waals surface area (Å²) < 4.78 is 6.10. The number of para-hydroxylation sites is 2. The van der Waals surface area contributed by atoms with Gasteiger partial charge in [-0.25, -0.2) is 0 Å². The van der Waals surface area contributed by atoms with E-state index in [4.69, 9.17) is 14.6 Å². The lowest BCUT2D eigenvalue weighted by molar-refractivity contribution is 0.446. The number of fused-ring (bicyclic) bond motifs is 3. The molecule has 0 radical (unpaired) electrons. The zero-order chi connectivity index (χ0) is 25.9. The molecule has 2 aliphatic rings. The van der Waals surface area contributed by atoms with Gasteiger partial charge >= 0.3 is 0 Å². The van der Waals surface area contributed by atoms with Crippen LogP contribution in [-0.2, 0) is 10.8 Å². The van der Waals surface area contributed by atoms with Crippen molar-refractivity contribution in [2.75, 3.05) is 10.0 Å². The summed E-state index contributed by atoms with van der Waals surface area (Å²) in [4.78, 5) is 0. The third-order valence-electron chi connectivity index (χ3n) is 8.71. The van der Waals surface area contributed by atoms with Gasteiger partial charge in [-0.15, -0.1) is 0 Å². The first-order chi connectivity index (χ1) is 17.7. The lowest BCUT2D eigenvalue weighted by Crippen LogP contribution is -2.35. The lowest BCUT2D eigenvalue weighted by Gasteiger charge is -2.27. The van der Waals surface area contributed by atoms with Gasteiger partial charge in [-0.2, -0.15) is 10.2 Å². The first-order valence-corrected chi connectivity index (χ1v) is 13.1. The number of hydrazone groups is 2. The van der Waals surface area contributed by atoms with Crippen LogP contribution in [0, 0.1) is 0 Å². The van der Waals surface area contributed by atoms with E-state index < -0.39 is 0 Å². The molecule has 6 rings (SSSR count). The van der Waals surface area contributed by atoms with Crippen LogP contribution in [0.4, 0.5) is 11.4 Å². The Kier molecular flexibility index (Phi) is 5.30. The Morgan fingerprint density at radius 2 is 1.24 bits per heavy atom. The maximum absolute atomic E-state index is 6.10. The third kappa shape index (κ3) is 3.67. The summed E-state index contributed by atoms with van der Waals surface area (Å²) >= 11 is 0. The van der Waals surface area contributed by atoms with Crippen molar-refractivity contribution in [3.63, 3.8) is 0 Å². The van der Waals surface area contributed by atoms with Gasteiger partial charge in [-0.1, -0.05) is 64.1 Å². The van der Waals surface area contributed by atoms with Gasteiger partial charge < -0.3 is 4.42 Å². The molecule has 0 aliphatic carbocycles. The molecule has 0 amide bonds. The number of rotatable bonds is 4. The Morgan fingerprint density at radius 3 is 1.84 bits per heavy atom. The predicted molar refractivity (Wildman–Crippen MR) is 154 cm³/mol. The molecule has 0 saturated carbocycles. The number of hydrogen-bond acceptors (Lipinski definition) is 5. The fourth-order valence-corrected chi connectivity index (χ4v) is 5.71. The highest BCUT2D eigenvalue weighted by Crippen LogP contribution is 2.46. The predicted octanol–water partition coefficient (Wildman–Crippen LogP) is 7.47. The average molecular weight is 491 g/mol.